The number of anilines is 1. The molecule has 184 valence electrons. The smallest absolute Gasteiger partial charge is 0.254 e. The molecule has 0 N–H and O–H groups in total. The predicted molar refractivity (Wildman–Crippen MR) is 135 cm³/mol. The summed E-state index contributed by atoms with van der Waals surface area (Å²) < 4.78 is 17.4. The zero-order valence-electron chi connectivity index (χ0n) is 19.9. The number of nitrogens with zero attached hydrogens (tertiary/aromatic N) is 3. The van der Waals surface area contributed by atoms with Gasteiger partial charge in [0.2, 0.25) is 5.88 Å². The Morgan fingerprint density at radius 3 is 2.66 bits per heavy atom. The lowest BCUT2D eigenvalue weighted by Crippen LogP contribution is -2.39. The van der Waals surface area contributed by atoms with Crippen LogP contribution in [0.4, 0.5) is 5.88 Å². The first kappa shape index (κ1) is 23.9. The Hall–Kier alpha value is -2.87. The average molecular weight is 496 g/mol. The zero-order chi connectivity index (χ0) is 24.2. The highest BCUT2D eigenvalue weighted by molar-refractivity contribution is 6.30. The molecule has 0 aliphatic carbocycles. The highest BCUT2D eigenvalue weighted by atomic mass is 35.5. The van der Waals surface area contributed by atoms with E-state index in [4.69, 9.17) is 25.6 Å². The van der Waals surface area contributed by atoms with Crippen molar-refractivity contribution in [2.75, 3.05) is 44.4 Å². The Morgan fingerprint density at radius 1 is 1.14 bits per heavy atom. The molecule has 5 rings (SSSR count). The van der Waals surface area contributed by atoms with Crippen LogP contribution in [-0.4, -0.2) is 61.5 Å². The van der Waals surface area contributed by atoms with E-state index in [1.54, 1.807) is 24.3 Å². The summed E-state index contributed by atoms with van der Waals surface area (Å²) in [7, 11) is 0. The lowest BCUT2D eigenvalue weighted by molar-refractivity contribution is 0.0507. The van der Waals surface area contributed by atoms with Crippen LogP contribution in [0.2, 0.25) is 5.02 Å². The summed E-state index contributed by atoms with van der Waals surface area (Å²) in [6, 6.07) is 15.2. The molecule has 0 radical (unpaired) electrons. The number of benzene rings is 2. The summed E-state index contributed by atoms with van der Waals surface area (Å²) in [5, 5.41) is 5.09. The highest BCUT2D eigenvalue weighted by Gasteiger charge is 2.30. The topological polar surface area (TPSA) is 68.0 Å². The third-order valence-corrected chi connectivity index (χ3v) is 6.78. The molecule has 35 heavy (non-hydrogen) atoms. The van der Waals surface area contributed by atoms with Crippen molar-refractivity contribution < 1.29 is 18.8 Å². The van der Waals surface area contributed by atoms with E-state index in [0.717, 1.165) is 41.8 Å². The van der Waals surface area contributed by atoms with Crippen LogP contribution in [0.1, 0.15) is 34.3 Å². The number of rotatable bonds is 7. The van der Waals surface area contributed by atoms with Crippen molar-refractivity contribution >= 4 is 23.4 Å². The molecule has 2 aliphatic rings. The molecule has 2 aromatic carbocycles. The van der Waals surface area contributed by atoms with E-state index in [1.165, 1.54) is 0 Å². The molecule has 8 heteroatoms. The monoisotopic (exact) mass is 495 g/mol. The summed E-state index contributed by atoms with van der Waals surface area (Å²) in [5.41, 5.74) is 4.36. The van der Waals surface area contributed by atoms with E-state index >= 15 is 0 Å². The second kappa shape index (κ2) is 10.8. The molecule has 3 aromatic rings. The second-order valence-electron chi connectivity index (χ2n) is 9.11. The molecule has 7 nitrogen and oxygen atoms in total. The van der Waals surface area contributed by atoms with Crippen LogP contribution in [0.5, 0.6) is 0 Å². The van der Waals surface area contributed by atoms with Crippen molar-refractivity contribution in [2.24, 2.45) is 0 Å². The van der Waals surface area contributed by atoms with Gasteiger partial charge in [-0.2, -0.15) is 0 Å². The largest absolute Gasteiger partial charge is 0.378 e. The summed E-state index contributed by atoms with van der Waals surface area (Å²) in [4.78, 5) is 17.7. The summed E-state index contributed by atoms with van der Waals surface area (Å²) in [6.45, 7) is 6.34. The Balaban J connectivity index is 1.52. The van der Waals surface area contributed by atoms with Gasteiger partial charge < -0.3 is 23.8 Å². The van der Waals surface area contributed by atoms with Gasteiger partial charge in [-0.1, -0.05) is 40.5 Å². The molecule has 1 atom stereocenters. The molecule has 0 saturated carbocycles. The van der Waals surface area contributed by atoms with Gasteiger partial charge in [0.1, 0.15) is 5.69 Å². The van der Waals surface area contributed by atoms with Gasteiger partial charge in [0.15, 0.2) is 0 Å². The van der Waals surface area contributed by atoms with Gasteiger partial charge >= 0.3 is 0 Å². The fraction of sp³-hybridized carbons (Fsp3) is 0.407. The first-order valence-electron chi connectivity index (χ1n) is 12.1. The van der Waals surface area contributed by atoms with Crippen molar-refractivity contribution in [1.82, 2.24) is 10.1 Å². The minimum atomic E-state index is -0.0681. The first-order valence-corrected chi connectivity index (χ1v) is 12.5. The van der Waals surface area contributed by atoms with Crippen LogP contribution in [0.15, 0.2) is 53.1 Å². The maximum absolute atomic E-state index is 13.7. The van der Waals surface area contributed by atoms with Gasteiger partial charge in [0, 0.05) is 42.4 Å². The molecule has 2 saturated heterocycles. The maximum Gasteiger partial charge on any atom is 0.254 e. The Morgan fingerprint density at radius 2 is 1.94 bits per heavy atom. The van der Waals surface area contributed by atoms with Crippen LogP contribution >= 0.6 is 11.6 Å². The zero-order valence-corrected chi connectivity index (χ0v) is 20.7. The number of amides is 1. The van der Waals surface area contributed by atoms with Crippen LogP contribution < -0.4 is 4.90 Å². The second-order valence-corrected chi connectivity index (χ2v) is 9.55. The fourth-order valence-electron chi connectivity index (χ4n) is 4.70. The molecule has 1 amide bonds. The van der Waals surface area contributed by atoms with Crippen molar-refractivity contribution in [3.8, 4) is 11.3 Å². The van der Waals surface area contributed by atoms with Gasteiger partial charge in [0.25, 0.3) is 5.91 Å². The van der Waals surface area contributed by atoms with E-state index in [9.17, 15) is 4.79 Å². The highest BCUT2D eigenvalue weighted by Crippen LogP contribution is 2.34. The number of carbonyl (C=O) groups excluding carboxylic acids is 1. The number of hydrogen-bond acceptors (Lipinski definition) is 6. The quantitative estimate of drug-likeness (QED) is 0.461. The van der Waals surface area contributed by atoms with E-state index in [2.05, 4.69) is 29.1 Å². The number of halogens is 1. The van der Waals surface area contributed by atoms with Crippen LogP contribution in [0.25, 0.3) is 11.3 Å². The van der Waals surface area contributed by atoms with Crippen molar-refractivity contribution in [1.29, 1.82) is 0 Å². The van der Waals surface area contributed by atoms with Crippen molar-refractivity contribution in [3.05, 3.63) is 70.2 Å². The van der Waals surface area contributed by atoms with Crippen molar-refractivity contribution in [3.63, 3.8) is 0 Å². The number of aryl methyl sites for hydroxylation is 1. The first-order chi connectivity index (χ1) is 17.1. The minimum absolute atomic E-state index is 0.0142. The van der Waals surface area contributed by atoms with E-state index in [1.807, 2.05) is 17.0 Å². The third kappa shape index (κ3) is 5.53. The molecule has 2 aliphatic heterocycles. The van der Waals surface area contributed by atoms with Crippen LogP contribution in [-0.2, 0) is 16.0 Å². The maximum atomic E-state index is 13.7. The molecule has 1 aromatic heterocycles. The van der Waals surface area contributed by atoms with E-state index in [-0.39, 0.29) is 12.0 Å². The van der Waals surface area contributed by atoms with Gasteiger partial charge in [-0.3, -0.25) is 4.79 Å². The number of aromatic nitrogens is 1. The average Bonchev–Trinajstić information content (AvgIpc) is 3.54. The van der Waals surface area contributed by atoms with Crippen LogP contribution in [0, 0.1) is 6.92 Å². The van der Waals surface area contributed by atoms with Crippen molar-refractivity contribution in [2.45, 2.75) is 32.4 Å². The molecular weight excluding hydrogens is 466 g/mol. The Bertz CT molecular complexity index is 1150. The SMILES string of the molecule is Cc1cccc(-c2noc(N3CCOCC3)c2CN(C[C@H]2CCCO2)C(=O)c2ccc(Cl)cc2)c1. The number of hydrogen-bond donors (Lipinski definition) is 0. The lowest BCUT2D eigenvalue weighted by Gasteiger charge is -2.29. The predicted octanol–water partition coefficient (Wildman–Crippen LogP) is 4.96. The summed E-state index contributed by atoms with van der Waals surface area (Å²) >= 11 is 6.08. The number of ether oxygens (including phenoxy) is 2. The van der Waals surface area contributed by atoms with Gasteiger partial charge in [-0.25, -0.2) is 0 Å². The van der Waals surface area contributed by atoms with E-state index in [0.29, 0.717) is 55.9 Å². The van der Waals surface area contributed by atoms with Gasteiger partial charge in [-0.15, -0.1) is 0 Å². The third-order valence-electron chi connectivity index (χ3n) is 6.53. The summed E-state index contributed by atoms with van der Waals surface area (Å²) in [5.74, 6) is 0.632. The molecular formula is C27H30ClN3O4. The van der Waals surface area contributed by atoms with Gasteiger partial charge in [-0.05, 0) is 50.1 Å². The number of morpholine rings is 1. The molecule has 0 unspecified atom stereocenters. The Labute approximate surface area is 210 Å². The molecule has 3 heterocycles. The fourth-order valence-corrected chi connectivity index (χ4v) is 4.82. The van der Waals surface area contributed by atoms with E-state index < -0.39 is 0 Å². The minimum Gasteiger partial charge on any atom is -0.378 e. The summed E-state index contributed by atoms with van der Waals surface area (Å²) in [6.07, 6.45) is 1.96. The molecule has 0 spiro atoms. The van der Waals surface area contributed by atoms with Gasteiger partial charge in [0.05, 0.1) is 31.4 Å². The Kier molecular flexibility index (Phi) is 7.37. The van der Waals surface area contributed by atoms with Crippen LogP contribution in [0.3, 0.4) is 0 Å². The lowest BCUT2D eigenvalue weighted by atomic mass is 10.0. The molecule has 0 bridgehead atoms. The normalized spacial score (nSPS) is 18.1. The standard InChI is InChI=1S/C27H30ClN3O4/c1-19-4-2-5-21(16-19)25-24(27(35-29-25)30-11-14-33-15-12-30)18-31(17-23-6-3-13-34-23)26(32)20-7-9-22(28)10-8-20/h2,4-5,7-10,16,23H,3,6,11-15,17-18H2,1H3/t23-/m1/s1. The molecule has 2 fully saturated rings. The number of carbonyl (C=O) groups is 1.